The quantitative estimate of drug-likeness (QED) is 0.799. The number of fused-ring (bicyclic) bond motifs is 1. The monoisotopic (exact) mass is 328 g/mol. The maximum atomic E-state index is 12.6. The highest BCUT2D eigenvalue weighted by atomic mass is 35.5. The second kappa shape index (κ2) is 6.40. The molecule has 5 nitrogen and oxygen atoms in total. The Labute approximate surface area is 139 Å². The smallest absolute Gasteiger partial charge is 0.276 e. The highest BCUT2D eigenvalue weighted by Crippen LogP contribution is 2.18. The number of halogens is 1. The summed E-state index contributed by atoms with van der Waals surface area (Å²) in [5, 5.41) is 3.43. The van der Waals surface area contributed by atoms with Crippen LogP contribution in [-0.4, -0.2) is 34.3 Å². The first-order valence-electron chi connectivity index (χ1n) is 7.22. The molecule has 1 N–H and O–H groups in total. The lowest BCUT2D eigenvalue weighted by Crippen LogP contribution is -2.19. The van der Waals surface area contributed by atoms with Gasteiger partial charge in [-0.25, -0.2) is 4.98 Å². The van der Waals surface area contributed by atoms with Gasteiger partial charge in [0, 0.05) is 23.5 Å². The number of hydrogen-bond donors (Lipinski definition) is 1. The summed E-state index contributed by atoms with van der Waals surface area (Å²) in [5.74, 6) is -0.243. The molecule has 0 aliphatic carbocycles. The molecule has 0 saturated heterocycles. The average molecular weight is 329 g/mol. The molecule has 1 amide bonds. The van der Waals surface area contributed by atoms with Crippen molar-refractivity contribution in [2.75, 3.05) is 19.4 Å². The van der Waals surface area contributed by atoms with Gasteiger partial charge in [-0.15, -0.1) is 0 Å². The van der Waals surface area contributed by atoms with Gasteiger partial charge in [-0.3, -0.25) is 4.79 Å². The van der Waals surface area contributed by atoms with E-state index in [0.29, 0.717) is 22.9 Å². The zero-order chi connectivity index (χ0) is 16.4. The van der Waals surface area contributed by atoms with Crippen molar-refractivity contribution < 1.29 is 4.79 Å². The second-order valence-corrected chi connectivity index (χ2v) is 5.97. The van der Waals surface area contributed by atoms with E-state index in [1.807, 2.05) is 47.8 Å². The Morgan fingerprint density at radius 1 is 1.26 bits per heavy atom. The zero-order valence-corrected chi connectivity index (χ0v) is 13.7. The first-order chi connectivity index (χ1) is 11.0. The third-order valence-corrected chi connectivity index (χ3v) is 3.63. The van der Waals surface area contributed by atoms with Crippen molar-refractivity contribution in [3.63, 3.8) is 0 Å². The molecule has 0 fully saturated rings. The Kier molecular flexibility index (Phi) is 4.32. The predicted octanol–water partition coefficient (Wildman–Crippen LogP) is 3.30. The van der Waals surface area contributed by atoms with Gasteiger partial charge >= 0.3 is 0 Å². The predicted molar refractivity (Wildman–Crippen MR) is 92.0 cm³/mol. The first-order valence-corrected chi connectivity index (χ1v) is 7.60. The molecule has 0 radical (unpaired) electrons. The molecule has 0 aliphatic rings. The van der Waals surface area contributed by atoms with Crippen molar-refractivity contribution >= 4 is 28.8 Å². The van der Waals surface area contributed by atoms with Gasteiger partial charge in [0.05, 0.1) is 5.69 Å². The van der Waals surface area contributed by atoms with Crippen LogP contribution in [0.25, 0.3) is 5.65 Å². The minimum Gasteiger partial charge on any atom is -0.321 e. The third kappa shape index (κ3) is 3.36. The average Bonchev–Trinajstić information content (AvgIpc) is 2.86. The van der Waals surface area contributed by atoms with E-state index >= 15 is 0 Å². The molecule has 23 heavy (non-hydrogen) atoms. The molecule has 6 heteroatoms. The number of amides is 1. The number of anilines is 1. The van der Waals surface area contributed by atoms with Crippen molar-refractivity contribution in [3.05, 3.63) is 65.1 Å². The topological polar surface area (TPSA) is 49.6 Å². The summed E-state index contributed by atoms with van der Waals surface area (Å²) >= 11 is 5.96. The van der Waals surface area contributed by atoms with Crippen molar-refractivity contribution in [2.45, 2.75) is 6.54 Å². The number of hydrogen-bond acceptors (Lipinski definition) is 3. The van der Waals surface area contributed by atoms with Crippen LogP contribution in [0.4, 0.5) is 5.69 Å². The molecule has 0 unspecified atom stereocenters. The summed E-state index contributed by atoms with van der Waals surface area (Å²) in [4.78, 5) is 19.1. The van der Waals surface area contributed by atoms with E-state index in [2.05, 4.69) is 10.3 Å². The van der Waals surface area contributed by atoms with Gasteiger partial charge in [0.2, 0.25) is 0 Å². The molecule has 0 aliphatic heterocycles. The van der Waals surface area contributed by atoms with Crippen LogP contribution in [0.2, 0.25) is 5.02 Å². The highest BCUT2D eigenvalue weighted by molar-refractivity contribution is 6.30. The SMILES string of the molecule is CN(C)Cc1c(C(=O)Nc2cccc(Cl)c2)nc2ccccn12. The van der Waals surface area contributed by atoms with Gasteiger partial charge in [0.25, 0.3) is 5.91 Å². The standard InChI is InChI=1S/C17H17ClN4O/c1-21(2)11-14-16(20-15-8-3-4-9-22(14)15)17(23)19-13-7-5-6-12(18)10-13/h3-10H,11H2,1-2H3,(H,19,23). The third-order valence-electron chi connectivity index (χ3n) is 3.39. The molecule has 1 aromatic carbocycles. The van der Waals surface area contributed by atoms with Gasteiger partial charge < -0.3 is 14.6 Å². The van der Waals surface area contributed by atoms with Crippen LogP contribution in [0.1, 0.15) is 16.2 Å². The summed E-state index contributed by atoms with van der Waals surface area (Å²) in [6.45, 7) is 0.615. The fraction of sp³-hybridized carbons (Fsp3) is 0.176. The van der Waals surface area contributed by atoms with E-state index in [-0.39, 0.29) is 5.91 Å². The van der Waals surface area contributed by atoms with Crippen LogP contribution in [-0.2, 0) is 6.54 Å². The number of nitrogens with zero attached hydrogens (tertiary/aromatic N) is 3. The van der Waals surface area contributed by atoms with Crippen LogP contribution in [0.3, 0.4) is 0 Å². The van der Waals surface area contributed by atoms with Gasteiger partial charge in [-0.2, -0.15) is 0 Å². The molecule has 2 heterocycles. The van der Waals surface area contributed by atoms with E-state index in [0.717, 1.165) is 11.3 Å². The normalized spacial score (nSPS) is 11.1. The lowest BCUT2D eigenvalue weighted by Gasteiger charge is -2.11. The molecule has 2 aromatic heterocycles. The van der Waals surface area contributed by atoms with Gasteiger partial charge in [0.15, 0.2) is 5.69 Å². The van der Waals surface area contributed by atoms with Crippen molar-refractivity contribution in [2.24, 2.45) is 0 Å². The summed E-state index contributed by atoms with van der Waals surface area (Å²) in [6, 6.07) is 12.8. The molecule has 0 saturated carbocycles. The van der Waals surface area contributed by atoms with Crippen LogP contribution in [0.5, 0.6) is 0 Å². The van der Waals surface area contributed by atoms with Crippen molar-refractivity contribution in [1.82, 2.24) is 14.3 Å². The van der Waals surface area contributed by atoms with Crippen molar-refractivity contribution in [3.8, 4) is 0 Å². The zero-order valence-electron chi connectivity index (χ0n) is 13.0. The van der Waals surface area contributed by atoms with E-state index in [4.69, 9.17) is 11.6 Å². The number of imidazole rings is 1. The number of benzene rings is 1. The maximum Gasteiger partial charge on any atom is 0.276 e. The largest absolute Gasteiger partial charge is 0.321 e. The lowest BCUT2D eigenvalue weighted by atomic mass is 10.2. The van der Waals surface area contributed by atoms with Crippen LogP contribution >= 0.6 is 11.6 Å². The Morgan fingerprint density at radius 2 is 2.09 bits per heavy atom. The Hall–Kier alpha value is -2.37. The van der Waals surface area contributed by atoms with Crippen LogP contribution < -0.4 is 5.32 Å². The van der Waals surface area contributed by atoms with Crippen LogP contribution in [0.15, 0.2) is 48.7 Å². The number of carbonyl (C=O) groups excluding carboxylic acids is 1. The summed E-state index contributed by atoms with van der Waals surface area (Å²) < 4.78 is 1.94. The molecular weight excluding hydrogens is 312 g/mol. The van der Waals surface area contributed by atoms with E-state index in [1.54, 1.807) is 24.3 Å². The maximum absolute atomic E-state index is 12.6. The molecule has 0 spiro atoms. The summed E-state index contributed by atoms with van der Waals surface area (Å²) in [7, 11) is 3.92. The first kappa shape index (κ1) is 15.5. The fourth-order valence-electron chi connectivity index (χ4n) is 2.44. The number of nitrogens with one attached hydrogen (secondary N) is 1. The lowest BCUT2D eigenvalue weighted by molar-refractivity contribution is 0.102. The molecule has 3 aromatic rings. The Morgan fingerprint density at radius 3 is 2.83 bits per heavy atom. The Balaban J connectivity index is 1.99. The molecular formula is C17H17ClN4O. The fourth-order valence-corrected chi connectivity index (χ4v) is 2.63. The van der Waals surface area contributed by atoms with Gasteiger partial charge in [0.1, 0.15) is 5.65 Å². The number of carbonyl (C=O) groups is 1. The van der Waals surface area contributed by atoms with E-state index in [9.17, 15) is 4.79 Å². The summed E-state index contributed by atoms with van der Waals surface area (Å²) in [5.41, 5.74) is 2.67. The molecule has 118 valence electrons. The molecule has 3 rings (SSSR count). The van der Waals surface area contributed by atoms with E-state index < -0.39 is 0 Å². The van der Waals surface area contributed by atoms with Crippen LogP contribution in [0, 0.1) is 0 Å². The molecule has 0 atom stereocenters. The van der Waals surface area contributed by atoms with Gasteiger partial charge in [-0.05, 0) is 44.4 Å². The minimum atomic E-state index is -0.243. The second-order valence-electron chi connectivity index (χ2n) is 5.54. The van der Waals surface area contributed by atoms with Crippen molar-refractivity contribution in [1.29, 1.82) is 0 Å². The van der Waals surface area contributed by atoms with E-state index in [1.165, 1.54) is 0 Å². The number of aromatic nitrogens is 2. The number of rotatable bonds is 4. The summed E-state index contributed by atoms with van der Waals surface area (Å²) in [6.07, 6.45) is 1.91. The minimum absolute atomic E-state index is 0.243. The Bertz CT molecular complexity index is 857. The number of pyridine rings is 1. The highest BCUT2D eigenvalue weighted by Gasteiger charge is 2.19. The van der Waals surface area contributed by atoms with Gasteiger partial charge in [-0.1, -0.05) is 23.7 Å². The molecule has 0 bridgehead atoms.